The van der Waals surface area contributed by atoms with Crippen LogP contribution in [0.3, 0.4) is 0 Å². The molecule has 0 saturated carbocycles. The van der Waals surface area contributed by atoms with Crippen molar-refractivity contribution in [1.82, 2.24) is 19.5 Å². The van der Waals surface area contributed by atoms with Crippen LogP contribution in [0.25, 0.3) is 11.2 Å². The van der Waals surface area contributed by atoms with Crippen LogP contribution in [0, 0.1) is 17.0 Å². The molecular weight excluding hydrogens is 320 g/mol. The highest BCUT2D eigenvalue weighted by atomic mass is 32.1. The fraction of sp³-hybridized carbons (Fsp3) is 0.462. The first-order chi connectivity index (χ1) is 10.9. The normalized spacial score (nSPS) is 29.3. The third kappa shape index (κ3) is 2.58. The average molecular weight is 336 g/mol. The van der Waals surface area contributed by atoms with E-state index in [1.165, 1.54) is 6.33 Å². The molecule has 0 aliphatic carbocycles. The lowest BCUT2D eigenvalue weighted by Gasteiger charge is -2.41. The first-order valence-electron chi connectivity index (χ1n) is 6.80. The van der Waals surface area contributed by atoms with Gasteiger partial charge in [-0.2, -0.15) is 0 Å². The monoisotopic (exact) mass is 336 g/mol. The molecule has 10 heteroatoms. The first-order valence-corrected chi connectivity index (χ1v) is 7.20. The molecule has 4 atom stereocenters. The maximum atomic E-state index is 9.72. The fourth-order valence-electron chi connectivity index (χ4n) is 2.39. The molecule has 1 saturated heterocycles. The lowest BCUT2D eigenvalue weighted by molar-refractivity contribution is -0.282. The molecule has 0 spiro atoms. The van der Waals surface area contributed by atoms with Gasteiger partial charge in [0.05, 0.1) is 12.9 Å². The number of anilines is 1. The number of imidazole rings is 1. The molecule has 1 aliphatic rings. The van der Waals surface area contributed by atoms with E-state index in [4.69, 9.17) is 39.6 Å². The molecule has 6 N–H and O–H groups in total. The minimum Gasteiger partial charge on any atom is -0.388 e. The minimum atomic E-state index is -1.26. The van der Waals surface area contributed by atoms with Gasteiger partial charge in [-0.1, -0.05) is 18.1 Å². The smallest absolute Gasteiger partial charge is 0.200 e. The molecule has 122 valence electrons. The average Bonchev–Trinajstić information content (AvgIpc) is 2.91. The molecule has 9 nitrogen and oxygen atoms in total. The summed E-state index contributed by atoms with van der Waals surface area (Å²) < 4.78 is 13.0. The number of fused-ring (bicyclic) bond motifs is 1. The van der Waals surface area contributed by atoms with Gasteiger partial charge in [-0.05, 0) is 6.92 Å². The Morgan fingerprint density at radius 2 is 2.43 bits per heavy atom. The summed E-state index contributed by atoms with van der Waals surface area (Å²) in [5.74, 6) is 2.61. The highest BCUT2D eigenvalue weighted by Gasteiger charge is 2.44. The zero-order valence-electron chi connectivity index (χ0n) is 12.3. The van der Waals surface area contributed by atoms with Gasteiger partial charge in [0.2, 0.25) is 0 Å². The standard InChI is InChI=1S/C13H16N6O3S/c1-3-13(15)4-21-10(6(2)20)22-11(13)19-5-16-7-8(19)17-12(14)18-9(7)23/h1,5-6,10-11,20H,4,15H2,2H3,(H3,14,17,18,23)/t6-,10-,11-,13?/m1/s1. The van der Waals surface area contributed by atoms with Crippen LogP contribution in [0.5, 0.6) is 0 Å². The molecule has 0 amide bonds. The lowest BCUT2D eigenvalue weighted by Crippen LogP contribution is -2.58. The van der Waals surface area contributed by atoms with Crippen LogP contribution in [0.4, 0.5) is 5.95 Å². The van der Waals surface area contributed by atoms with Gasteiger partial charge in [0.25, 0.3) is 0 Å². The van der Waals surface area contributed by atoms with Gasteiger partial charge in [-0.15, -0.1) is 6.42 Å². The lowest BCUT2D eigenvalue weighted by atomic mass is 9.99. The first kappa shape index (κ1) is 15.9. The molecule has 2 aromatic heterocycles. The largest absolute Gasteiger partial charge is 0.388 e. The quantitative estimate of drug-likeness (QED) is 0.431. The SMILES string of the molecule is C#CC1(N)CO[C@@H]([C@@H](C)O)O[C@H]1n1cnc2c(=S)nc(N)[nH]c21. The van der Waals surface area contributed by atoms with E-state index in [1.54, 1.807) is 11.5 Å². The summed E-state index contributed by atoms with van der Waals surface area (Å²) in [6.07, 6.45) is 4.47. The maximum absolute atomic E-state index is 9.72. The molecule has 0 radical (unpaired) electrons. The van der Waals surface area contributed by atoms with Crippen molar-refractivity contribution in [3.8, 4) is 12.3 Å². The van der Waals surface area contributed by atoms with E-state index in [2.05, 4.69) is 20.9 Å². The summed E-state index contributed by atoms with van der Waals surface area (Å²) in [7, 11) is 0. The van der Waals surface area contributed by atoms with Crippen molar-refractivity contribution < 1.29 is 14.6 Å². The van der Waals surface area contributed by atoms with Crippen molar-refractivity contribution >= 4 is 29.3 Å². The second-order valence-electron chi connectivity index (χ2n) is 5.37. The Morgan fingerprint density at radius 1 is 1.70 bits per heavy atom. The molecule has 1 aliphatic heterocycles. The van der Waals surface area contributed by atoms with Crippen LogP contribution in [0.1, 0.15) is 13.2 Å². The predicted octanol–water partition coefficient (Wildman–Crippen LogP) is -0.346. The summed E-state index contributed by atoms with van der Waals surface area (Å²) in [6.45, 7) is 1.55. The Balaban J connectivity index is 2.14. The molecule has 0 bridgehead atoms. The number of hydrogen-bond donors (Lipinski definition) is 4. The second-order valence-corrected chi connectivity index (χ2v) is 5.76. The van der Waals surface area contributed by atoms with Crippen molar-refractivity contribution in [2.75, 3.05) is 12.3 Å². The molecule has 3 rings (SSSR count). The summed E-state index contributed by atoms with van der Waals surface area (Å²) in [5.41, 5.74) is 11.6. The maximum Gasteiger partial charge on any atom is 0.200 e. The number of rotatable bonds is 2. The van der Waals surface area contributed by atoms with Crippen LogP contribution < -0.4 is 11.5 Å². The molecule has 1 unspecified atom stereocenters. The van der Waals surface area contributed by atoms with Crippen molar-refractivity contribution in [3.05, 3.63) is 11.0 Å². The highest BCUT2D eigenvalue weighted by molar-refractivity contribution is 7.71. The van der Waals surface area contributed by atoms with Gasteiger partial charge < -0.3 is 31.0 Å². The number of aromatic amines is 1. The van der Waals surface area contributed by atoms with Gasteiger partial charge >= 0.3 is 0 Å². The van der Waals surface area contributed by atoms with Gasteiger partial charge in [0, 0.05) is 0 Å². The van der Waals surface area contributed by atoms with E-state index in [9.17, 15) is 5.11 Å². The van der Waals surface area contributed by atoms with E-state index in [0.29, 0.717) is 11.2 Å². The highest BCUT2D eigenvalue weighted by Crippen LogP contribution is 2.32. The van der Waals surface area contributed by atoms with E-state index in [1.807, 2.05) is 0 Å². The Bertz CT molecular complexity index is 840. The second kappa shape index (κ2) is 5.55. The van der Waals surface area contributed by atoms with Crippen LogP contribution in [-0.4, -0.2) is 49.2 Å². The number of aliphatic hydroxyl groups excluding tert-OH is 1. The number of nitrogen functional groups attached to an aromatic ring is 1. The van der Waals surface area contributed by atoms with Gasteiger partial charge in [0.1, 0.15) is 22.8 Å². The van der Waals surface area contributed by atoms with Crippen molar-refractivity contribution in [2.24, 2.45) is 5.73 Å². The number of nitrogens with zero attached hydrogens (tertiary/aromatic N) is 3. The van der Waals surface area contributed by atoms with E-state index < -0.39 is 24.2 Å². The Kier molecular flexibility index (Phi) is 3.83. The number of hydrogen-bond acceptors (Lipinski definition) is 8. The zero-order valence-corrected chi connectivity index (χ0v) is 13.1. The van der Waals surface area contributed by atoms with Gasteiger partial charge in [0.15, 0.2) is 23.1 Å². The van der Waals surface area contributed by atoms with Gasteiger partial charge in [-0.25, -0.2) is 9.97 Å². The summed E-state index contributed by atoms with van der Waals surface area (Å²) in [5, 5.41) is 9.72. The van der Waals surface area contributed by atoms with E-state index >= 15 is 0 Å². The van der Waals surface area contributed by atoms with Crippen LogP contribution in [0.2, 0.25) is 0 Å². The topological polar surface area (TPSA) is 137 Å². The Labute approximate surface area is 136 Å². The number of terminal acetylenes is 1. The van der Waals surface area contributed by atoms with Gasteiger partial charge in [-0.3, -0.25) is 4.57 Å². The van der Waals surface area contributed by atoms with E-state index in [0.717, 1.165) is 0 Å². The number of nitrogens with one attached hydrogen (secondary N) is 1. The number of ether oxygens (including phenoxy) is 2. The van der Waals surface area contributed by atoms with Crippen LogP contribution in [-0.2, 0) is 9.47 Å². The fourth-order valence-corrected chi connectivity index (χ4v) is 2.64. The third-order valence-corrected chi connectivity index (χ3v) is 3.85. The summed E-state index contributed by atoms with van der Waals surface area (Å²) in [6, 6.07) is 0. The Hall–Kier alpha value is -2.03. The zero-order chi connectivity index (χ0) is 16.8. The molecule has 0 aromatic carbocycles. The molecule has 1 fully saturated rings. The third-order valence-electron chi connectivity index (χ3n) is 3.57. The number of H-pyrrole nitrogens is 1. The van der Waals surface area contributed by atoms with E-state index in [-0.39, 0.29) is 17.2 Å². The molecule has 2 aromatic rings. The van der Waals surface area contributed by atoms with Crippen molar-refractivity contribution in [1.29, 1.82) is 0 Å². The molecule has 3 heterocycles. The number of aliphatic hydroxyl groups is 1. The number of nitrogens with two attached hydrogens (primary N) is 2. The minimum absolute atomic E-state index is 0.00467. The number of aromatic nitrogens is 4. The predicted molar refractivity (Wildman–Crippen MR) is 84.4 cm³/mol. The molecule has 23 heavy (non-hydrogen) atoms. The van der Waals surface area contributed by atoms with Crippen LogP contribution in [0.15, 0.2) is 6.33 Å². The van der Waals surface area contributed by atoms with Crippen LogP contribution >= 0.6 is 12.2 Å². The van der Waals surface area contributed by atoms with Crippen molar-refractivity contribution in [2.45, 2.75) is 31.1 Å². The molecular formula is C13H16N6O3S. The summed E-state index contributed by atoms with van der Waals surface area (Å²) in [4.78, 5) is 11.0. The Morgan fingerprint density at radius 3 is 3.09 bits per heavy atom. The summed E-state index contributed by atoms with van der Waals surface area (Å²) >= 11 is 5.14. The van der Waals surface area contributed by atoms with Crippen molar-refractivity contribution in [3.63, 3.8) is 0 Å².